The third kappa shape index (κ3) is 6.19. The van der Waals surface area contributed by atoms with Gasteiger partial charge in [-0.25, -0.2) is 0 Å². The molecule has 186 valence electrons. The van der Waals surface area contributed by atoms with E-state index in [1.807, 2.05) is 0 Å². The van der Waals surface area contributed by atoms with Gasteiger partial charge in [0, 0.05) is 29.9 Å². The number of rotatable bonds is 10. The topological polar surface area (TPSA) is 40.2 Å². The molecule has 1 spiro atoms. The van der Waals surface area contributed by atoms with Crippen molar-refractivity contribution in [2.24, 2.45) is 5.41 Å². The highest BCUT2D eigenvalue weighted by atomic mass is 16.7. The van der Waals surface area contributed by atoms with Gasteiger partial charge in [0.15, 0.2) is 12.6 Å². The van der Waals surface area contributed by atoms with Crippen molar-refractivity contribution < 1.29 is 18.9 Å². The van der Waals surface area contributed by atoms with Crippen LogP contribution in [0, 0.1) is 5.41 Å². The van der Waals surface area contributed by atoms with Crippen LogP contribution in [0.15, 0.2) is 48.5 Å². The Kier molecular flexibility index (Phi) is 9.01. The molecule has 0 atom stereocenters. The van der Waals surface area contributed by atoms with Gasteiger partial charge in [-0.15, -0.1) is 0 Å². The molecule has 0 aromatic heterocycles. The van der Waals surface area contributed by atoms with Gasteiger partial charge in [0.25, 0.3) is 0 Å². The van der Waals surface area contributed by atoms with Gasteiger partial charge in [0.1, 0.15) is 0 Å². The lowest BCUT2D eigenvalue weighted by molar-refractivity contribution is -0.307. The molecule has 34 heavy (non-hydrogen) atoms. The highest BCUT2D eigenvalue weighted by Gasteiger charge is 2.42. The van der Waals surface area contributed by atoms with Gasteiger partial charge in [-0.2, -0.15) is 0 Å². The summed E-state index contributed by atoms with van der Waals surface area (Å²) >= 11 is 0. The fourth-order valence-corrected chi connectivity index (χ4v) is 4.72. The van der Waals surface area contributed by atoms with Crippen LogP contribution in [0.25, 0.3) is 0 Å². The van der Waals surface area contributed by atoms with Gasteiger partial charge in [-0.1, -0.05) is 63.6 Å². The van der Waals surface area contributed by atoms with Gasteiger partial charge < -0.3 is 23.8 Å². The third-order valence-corrected chi connectivity index (χ3v) is 6.75. The van der Waals surface area contributed by atoms with Gasteiger partial charge in [0.05, 0.1) is 31.8 Å². The Morgan fingerprint density at radius 2 is 1.15 bits per heavy atom. The second-order valence-corrected chi connectivity index (χ2v) is 9.83. The fourth-order valence-electron chi connectivity index (χ4n) is 4.72. The lowest BCUT2D eigenvalue weighted by Gasteiger charge is -2.43. The summed E-state index contributed by atoms with van der Waals surface area (Å²) in [5.41, 5.74) is 4.52. The summed E-state index contributed by atoms with van der Waals surface area (Å²) in [7, 11) is 0. The first-order valence-corrected chi connectivity index (χ1v) is 13.1. The van der Waals surface area contributed by atoms with Crippen LogP contribution < -0.4 is 4.90 Å². The van der Waals surface area contributed by atoms with Gasteiger partial charge in [-0.3, -0.25) is 0 Å². The second kappa shape index (κ2) is 12.2. The minimum absolute atomic E-state index is 0.243. The standard InChI is InChI=1S/C29H41NO4/c1-4-7-8-23-9-11-24(12-10-23)27-31-19-29(20-32-27)21-33-28(34-22-29)25-13-15-26(16-14-25)30(17-5-2)18-6-3/h9-16,27-28H,4-8,17-22H2,1-3H3. The van der Waals surface area contributed by atoms with Crippen molar-refractivity contribution in [2.75, 3.05) is 44.4 Å². The predicted octanol–water partition coefficient (Wildman–Crippen LogP) is 6.43. The van der Waals surface area contributed by atoms with Crippen molar-refractivity contribution in [1.29, 1.82) is 0 Å². The number of unbranched alkanes of at least 4 members (excludes halogenated alkanes) is 1. The highest BCUT2D eigenvalue weighted by molar-refractivity contribution is 5.47. The zero-order valence-electron chi connectivity index (χ0n) is 21.1. The average Bonchev–Trinajstić information content (AvgIpc) is 2.89. The minimum atomic E-state index is -0.334. The third-order valence-electron chi connectivity index (χ3n) is 6.75. The summed E-state index contributed by atoms with van der Waals surface area (Å²) in [4.78, 5) is 2.44. The quantitative estimate of drug-likeness (QED) is 0.402. The normalized spacial score (nSPS) is 24.9. The molecule has 0 bridgehead atoms. The molecule has 0 radical (unpaired) electrons. The van der Waals surface area contributed by atoms with E-state index in [4.69, 9.17) is 18.9 Å². The molecule has 0 aliphatic carbocycles. The second-order valence-electron chi connectivity index (χ2n) is 9.83. The van der Waals surface area contributed by atoms with E-state index in [1.54, 1.807) is 0 Å². The Balaban J connectivity index is 1.27. The molecule has 5 heteroatoms. The average molecular weight is 468 g/mol. The number of hydrogen-bond donors (Lipinski definition) is 0. The Labute approximate surface area is 205 Å². The van der Waals surface area contributed by atoms with Crippen LogP contribution in [0.5, 0.6) is 0 Å². The van der Waals surface area contributed by atoms with Crippen LogP contribution in [-0.4, -0.2) is 39.5 Å². The summed E-state index contributed by atoms with van der Waals surface area (Å²) in [5, 5.41) is 0. The molecule has 0 unspecified atom stereocenters. The number of benzene rings is 2. The van der Waals surface area contributed by atoms with Crippen LogP contribution in [0.4, 0.5) is 5.69 Å². The Morgan fingerprint density at radius 3 is 1.59 bits per heavy atom. The van der Waals surface area contributed by atoms with Gasteiger partial charge >= 0.3 is 0 Å². The molecule has 2 aromatic rings. The molecule has 0 N–H and O–H groups in total. The zero-order valence-corrected chi connectivity index (χ0v) is 21.1. The molecular formula is C29H41NO4. The number of anilines is 1. The van der Waals surface area contributed by atoms with Crippen molar-refractivity contribution >= 4 is 5.69 Å². The van der Waals surface area contributed by atoms with E-state index in [9.17, 15) is 0 Å². The molecule has 2 heterocycles. The van der Waals surface area contributed by atoms with E-state index in [-0.39, 0.29) is 18.0 Å². The monoisotopic (exact) mass is 467 g/mol. The summed E-state index contributed by atoms with van der Waals surface area (Å²) in [6.07, 6.45) is 5.21. The summed E-state index contributed by atoms with van der Waals surface area (Å²) in [5.74, 6) is 0. The first-order valence-electron chi connectivity index (χ1n) is 13.1. The molecule has 2 fully saturated rings. The number of nitrogens with zero attached hydrogens (tertiary/aromatic N) is 1. The Morgan fingerprint density at radius 1 is 0.676 bits per heavy atom. The van der Waals surface area contributed by atoms with Crippen LogP contribution in [0.3, 0.4) is 0 Å². The van der Waals surface area contributed by atoms with Crippen molar-refractivity contribution in [2.45, 2.75) is 65.5 Å². The molecule has 2 saturated heterocycles. The van der Waals surface area contributed by atoms with E-state index in [0.29, 0.717) is 26.4 Å². The smallest absolute Gasteiger partial charge is 0.183 e. The lowest BCUT2D eigenvalue weighted by atomic mass is 9.90. The maximum atomic E-state index is 6.15. The SMILES string of the molecule is CCCCc1ccc(C2OCC3(CO2)COC(c2ccc(N(CCC)CCC)cc2)OC3)cc1. The zero-order chi connectivity index (χ0) is 23.8. The molecule has 0 saturated carbocycles. The first kappa shape index (κ1) is 25.2. The van der Waals surface area contributed by atoms with Crippen molar-refractivity contribution in [1.82, 2.24) is 0 Å². The van der Waals surface area contributed by atoms with Crippen molar-refractivity contribution in [3.63, 3.8) is 0 Å². The molecule has 2 aliphatic heterocycles. The minimum Gasteiger partial charge on any atom is -0.372 e. The molecule has 4 rings (SSSR count). The molecule has 2 aliphatic rings. The van der Waals surface area contributed by atoms with E-state index in [0.717, 1.165) is 43.5 Å². The molecule has 0 amide bonds. The molecular weight excluding hydrogens is 426 g/mol. The predicted molar refractivity (Wildman–Crippen MR) is 136 cm³/mol. The number of ether oxygens (including phenoxy) is 4. The lowest BCUT2D eigenvalue weighted by Crippen LogP contribution is -2.49. The Hall–Kier alpha value is -1.92. The molecule has 2 aromatic carbocycles. The summed E-state index contributed by atoms with van der Waals surface area (Å²) in [6, 6.07) is 17.3. The number of aryl methyl sites for hydroxylation is 1. The largest absolute Gasteiger partial charge is 0.372 e. The highest BCUT2D eigenvalue weighted by Crippen LogP contribution is 2.38. The van der Waals surface area contributed by atoms with Crippen molar-refractivity contribution in [3.05, 3.63) is 65.2 Å². The fraction of sp³-hybridized carbons (Fsp3) is 0.586. The van der Waals surface area contributed by atoms with Crippen LogP contribution >= 0.6 is 0 Å². The van der Waals surface area contributed by atoms with Crippen LogP contribution in [0.2, 0.25) is 0 Å². The molecule has 5 nitrogen and oxygen atoms in total. The van der Waals surface area contributed by atoms with Gasteiger partial charge in [-0.05, 0) is 43.4 Å². The summed E-state index contributed by atoms with van der Waals surface area (Å²) < 4.78 is 24.5. The van der Waals surface area contributed by atoms with Crippen LogP contribution in [0.1, 0.15) is 75.7 Å². The Bertz CT molecular complexity index is 843. The first-order chi connectivity index (χ1) is 16.7. The van der Waals surface area contributed by atoms with E-state index < -0.39 is 0 Å². The summed E-state index contributed by atoms with van der Waals surface area (Å²) in [6.45, 7) is 11.1. The van der Waals surface area contributed by atoms with E-state index in [2.05, 4.69) is 74.2 Å². The maximum Gasteiger partial charge on any atom is 0.183 e. The van der Waals surface area contributed by atoms with Crippen LogP contribution in [-0.2, 0) is 25.4 Å². The number of hydrogen-bond acceptors (Lipinski definition) is 5. The van der Waals surface area contributed by atoms with Gasteiger partial charge in [0.2, 0.25) is 0 Å². The van der Waals surface area contributed by atoms with Crippen molar-refractivity contribution in [3.8, 4) is 0 Å². The maximum absolute atomic E-state index is 6.15. The van der Waals surface area contributed by atoms with E-state index >= 15 is 0 Å². The van der Waals surface area contributed by atoms with E-state index in [1.165, 1.54) is 24.1 Å².